The first-order valence-electron chi connectivity index (χ1n) is 21.6. The van der Waals surface area contributed by atoms with Gasteiger partial charge in [-0.1, -0.05) is 206 Å². The second kappa shape index (κ2) is 15.1. The van der Waals surface area contributed by atoms with E-state index >= 15 is 0 Å². The molecule has 12 rings (SSSR count). The fourth-order valence-corrected chi connectivity index (χ4v) is 10.0. The van der Waals surface area contributed by atoms with Crippen molar-refractivity contribution in [3.05, 3.63) is 265 Å². The number of fused-ring (bicyclic) bond motifs is 5. The molecule has 0 radical (unpaired) electrons. The predicted octanol–water partition coefficient (Wildman–Crippen LogP) is 15.5. The van der Waals surface area contributed by atoms with Crippen LogP contribution in [0.4, 0.5) is 0 Å². The van der Waals surface area contributed by atoms with Crippen LogP contribution in [0.3, 0.4) is 0 Å². The van der Waals surface area contributed by atoms with Gasteiger partial charge in [0.05, 0.1) is 16.8 Å². The second-order valence-corrected chi connectivity index (χ2v) is 16.5. The zero-order valence-corrected chi connectivity index (χ0v) is 34.5. The van der Waals surface area contributed by atoms with Crippen LogP contribution in [-0.4, -0.2) is 9.97 Å². The van der Waals surface area contributed by atoms with Gasteiger partial charge in [-0.05, 0) is 114 Å². The molecule has 294 valence electrons. The maximum Gasteiger partial charge on any atom is 0.161 e. The minimum Gasteiger partial charge on any atom is -0.228 e. The van der Waals surface area contributed by atoms with Gasteiger partial charge in [0.15, 0.2) is 5.82 Å². The summed E-state index contributed by atoms with van der Waals surface area (Å²) in [4.78, 5) is 10.4. The van der Waals surface area contributed by atoms with E-state index in [1.54, 1.807) is 0 Å². The Morgan fingerprint density at radius 1 is 0.270 bits per heavy atom. The van der Waals surface area contributed by atoms with E-state index in [1.165, 1.54) is 60.8 Å². The standard InChI is InChI=1S/C61H40N2/c1-5-18-41(19-6-1)58-40-59(42-20-7-2-8-21-42)63-60(62-58)54-35-34-50(51-30-15-16-31-52(51)54)47-25-17-24-43(36-47)46-32-33-53-55-37-44-22-13-14-23-45(44)38-57(55)61(56(53)39-46,48-26-9-3-10-27-48)49-28-11-4-12-29-49/h1-40H. The summed E-state index contributed by atoms with van der Waals surface area (Å²) >= 11 is 0. The van der Waals surface area contributed by atoms with Crippen molar-refractivity contribution in [3.8, 4) is 67.3 Å². The van der Waals surface area contributed by atoms with Crippen molar-refractivity contribution in [1.82, 2.24) is 9.97 Å². The third kappa shape index (κ3) is 6.10. The molecule has 0 bridgehead atoms. The molecule has 0 aliphatic heterocycles. The van der Waals surface area contributed by atoms with Crippen molar-refractivity contribution in [1.29, 1.82) is 0 Å². The Morgan fingerprint density at radius 3 is 1.37 bits per heavy atom. The average molecular weight is 801 g/mol. The molecular formula is C61H40N2. The number of hydrogen-bond acceptors (Lipinski definition) is 2. The van der Waals surface area contributed by atoms with Gasteiger partial charge in [0.2, 0.25) is 0 Å². The highest BCUT2D eigenvalue weighted by molar-refractivity contribution is 6.05. The van der Waals surface area contributed by atoms with Crippen molar-refractivity contribution in [2.24, 2.45) is 0 Å². The molecule has 2 heteroatoms. The summed E-state index contributed by atoms with van der Waals surface area (Å²) < 4.78 is 0. The van der Waals surface area contributed by atoms with E-state index < -0.39 is 5.41 Å². The Morgan fingerprint density at radius 2 is 0.730 bits per heavy atom. The molecule has 2 nitrogen and oxygen atoms in total. The fraction of sp³-hybridized carbons (Fsp3) is 0.0164. The van der Waals surface area contributed by atoms with E-state index in [-0.39, 0.29) is 0 Å². The molecule has 0 amide bonds. The molecule has 1 aliphatic rings. The predicted molar refractivity (Wildman–Crippen MR) is 262 cm³/mol. The Kier molecular flexibility index (Phi) is 8.76. The van der Waals surface area contributed by atoms with Crippen LogP contribution in [0, 0.1) is 0 Å². The zero-order valence-electron chi connectivity index (χ0n) is 34.5. The van der Waals surface area contributed by atoms with Gasteiger partial charge in [-0.2, -0.15) is 0 Å². The molecule has 1 aliphatic carbocycles. The highest BCUT2D eigenvalue weighted by atomic mass is 14.9. The summed E-state index contributed by atoms with van der Waals surface area (Å²) in [6, 6.07) is 87.9. The Hall–Kier alpha value is -8.20. The summed E-state index contributed by atoms with van der Waals surface area (Å²) in [6.45, 7) is 0. The third-order valence-corrected chi connectivity index (χ3v) is 13.0. The second-order valence-electron chi connectivity index (χ2n) is 16.5. The van der Waals surface area contributed by atoms with Gasteiger partial charge in [-0.15, -0.1) is 0 Å². The molecule has 1 aromatic heterocycles. The summed E-state index contributed by atoms with van der Waals surface area (Å²) in [5, 5.41) is 4.77. The molecular weight excluding hydrogens is 761 g/mol. The maximum atomic E-state index is 5.21. The van der Waals surface area contributed by atoms with Gasteiger partial charge in [0, 0.05) is 16.7 Å². The first-order chi connectivity index (χ1) is 31.2. The van der Waals surface area contributed by atoms with Crippen LogP contribution in [-0.2, 0) is 5.41 Å². The number of rotatable bonds is 7. The highest BCUT2D eigenvalue weighted by Crippen LogP contribution is 2.57. The van der Waals surface area contributed by atoms with Crippen LogP contribution in [0.1, 0.15) is 22.3 Å². The fourth-order valence-electron chi connectivity index (χ4n) is 10.0. The number of benzene rings is 10. The zero-order chi connectivity index (χ0) is 41.7. The van der Waals surface area contributed by atoms with E-state index in [4.69, 9.17) is 9.97 Å². The Labute approximate surface area is 367 Å². The highest BCUT2D eigenvalue weighted by Gasteiger charge is 2.46. The van der Waals surface area contributed by atoms with Crippen LogP contribution in [0.5, 0.6) is 0 Å². The lowest BCUT2D eigenvalue weighted by atomic mass is 9.67. The lowest BCUT2D eigenvalue weighted by Gasteiger charge is -2.34. The van der Waals surface area contributed by atoms with Crippen molar-refractivity contribution < 1.29 is 0 Å². The number of aromatic nitrogens is 2. The minimum absolute atomic E-state index is 0.503. The lowest BCUT2D eigenvalue weighted by molar-refractivity contribution is 0.770. The topological polar surface area (TPSA) is 25.8 Å². The minimum atomic E-state index is -0.503. The molecule has 0 unspecified atom stereocenters. The molecule has 1 heterocycles. The van der Waals surface area contributed by atoms with Crippen molar-refractivity contribution >= 4 is 21.5 Å². The molecule has 63 heavy (non-hydrogen) atoms. The van der Waals surface area contributed by atoms with Gasteiger partial charge < -0.3 is 0 Å². The van der Waals surface area contributed by atoms with Gasteiger partial charge in [-0.3, -0.25) is 0 Å². The van der Waals surface area contributed by atoms with Crippen molar-refractivity contribution in [2.45, 2.75) is 5.41 Å². The van der Waals surface area contributed by atoms with E-state index in [2.05, 4.69) is 231 Å². The van der Waals surface area contributed by atoms with Crippen LogP contribution < -0.4 is 0 Å². The molecule has 10 aromatic carbocycles. The van der Waals surface area contributed by atoms with E-state index in [9.17, 15) is 0 Å². The number of nitrogens with zero attached hydrogens (tertiary/aromatic N) is 2. The van der Waals surface area contributed by atoms with E-state index in [0.717, 1.165) is 44.4 Å². The van der Waals surface area contributed by atoms with E-state index in [1.807, 2.05) is 12.1 Å². The smallest absolute Gasteiger partial charge is 0.161 e. The van der Waals surface area contributed by atoms with Crippen LogP contribution in [0.15, 0.2) is 243 Å². The summed E-state index contributed by atoms with van der Waals surface area (Å²) in [7, 11) is 0. The molecule has 11 aromatic rings. The first kappa shape index (κ1) is 36.6. The molecule has 0 spiro atoms. The molecule has 0 saturated heterocycles. The SMILES string of the molecule is c1ccc(-c2cc(-c3ccccc3)nc(-c3ccc(-c4cccc(-c5ccc6c(c5)C(c5ccccc5)(c5ccccc5)c5cc7ccccc7cc5-6)c4)c4ccccc34)n2)cc1. The van der Waals surface area contributed by atoms with Gasteiger partial charge in [-0.25, -0.2) is 9.97 Å². The quantitative estimate of drug-likeness (QED) is 0.160. The molecule has 0 N–H and O–H groups in total. The van der Waals surface area contributed by atoms with Crippen molar-refractivity contribution in [2.75, 3.05) is 0 Å². The van der Waals surface area contributed by atoms with Gasteiger partial charge in [0.25, 0.3) is 0 Å². The summed E-state index contributed by atoms with van der Waals surface area (Å²) in [5.41, 5.74) is 16.8. The molecule has 0 atom stereocenters. The Bertz CT molecular complexity index is 3390. The molecule has 0 saturated carbocycles. The van der Waals surface area contributed by atoms with Crippen LogP contribution >= 0.6 is 0 Å². The van der Waals surface area contributed by atoms with Crippen LogP contribution in [0.25, 0.3) is 88.8 Å². The molecule has 0 fully saturated rings. The van der Waals surface area contributed by atoms with Gasteiger partial charge in [0.1, 0.15) is 0 Å². The average Bonchev–Trinajstić information content (AvgIpc) is 3.65. The summed E-state index contributed by atoms with van der Waals surface area (Å²) in [5.74, 6) is 0.707. The number of hydrogen-bond donors (Lipinski definition) is 0. The monoisotopic (exact) mass is 800 g/mol. The van der Waals surface area contributed by atoms with Gasteiger partial charge >= 0.3 is 0 Å². The third-order valence-electron chi connectivity index (χ3n) is 13.0. The largest absolute Gasteiger partial charge is 0.228 e. The van der Waals surface area contributed by atoms with Crippen LogP contribution in [0.2, 0.25) is 0 Å². The van der Waals surface area contributed by atoms with E-state index in [0.29, 0.717) is 5.82 Å². The summed E-state index contributed by atoms with van der Waals surface area (Å²) in [6.07, 6.45) is 0. The lowest BCUT2D eigenvalue weighted by Crippen LogP contribution is -2.28. The Balaban J connectivity index is 1.01. The maximum absolute atomic E-state index is 5.21. The first-order valence-corrected chi connectivity index (χ1v) is 21.6. The normalized spacial score (nSPS) is 12.6. The van der Waals surface area contributed by atoms with Crippen molar-refractivity contribution in [3.63, 3.8) is 0 Å².